The molecule has 0 bridgehead atoms. The summed E-state index contributed by atoms with van der Waals surface area (Å²) in [6, 6.07) is 11.4. The molecule has 1 aromatic heterocycles. The van der Waals surface area contributed by atoms with Gasteiger partial charge in [0.1, 0.15) is 0 Å². The van der Waals surface area contributed by atoms with Crippen LogP contribution >= 0.6 is 0 Å². The van der Waals surface area contributed by atoms with Gasteiger partial charge in [-0.3, -0.25) is 0 Å². The van der Waals surface area contributed by atoms with Crippen LogP contribution in [-0.4, -0.2) is 9.55 Å². The molecule has 1 aromatic carbocycles. The van der Waals surface area contributed by atoms with Crippen molar-refractivity contribution in [2.75, 3.05) is 0 Å². The van der Waals surface area contributed by atoms with Gasteiger partial charge in [0.25, 0.3) is 0 Å². The predicted molar refractivity (Wildman–Crippen MR) is 122 cm³/mol. The van der Waals surface area contributed by atoms with Gasteiger partial charge >= 0.3 is 0 Å². The molecule has 0 N–H and O–H groups in total. The molecule has 0 radical (unpaired) electrons. The van der Waals surface area contributed by atoms with Crippen LogP contribution in [-0.2, 0) is 12.0 Å². The third kappa shape index (κ3) is 6.22. The first-order chi connectivity index (χ1) is 13.7. The van der Waals surface area contributed by atoms with Gasteiger partial charge in [0.2, 0.25) is 0 Å². The second-order valence-electron chi connectivity index (χ2n) is 8.84. The lowest BCUT2D eigenvalue weighted by Gasteiger charge is -2.44. The van der Waals surface area contributed by atoms with Gasteiger partial charge < -0.3 is 4.57 Å². The van der Waals surface area contributed by atoms with Crippen molar-refractivity contribution in [2.45, 2.75) is 97.4 Å². The van der Waals surface area contributed by atoms with Gasteiger partial charge in [0, 0.05) is 24.4 Å². The maximum absolute atomic E-state index is 4.36. The Bertz CT molecular complexity index is 619. The zero-order valence-corrected chi connectivity index (χ0v) is 18.7. The van der Waals surface area contributed by atoms with E-state index in [9.17, 15) is 0 Å². The highest BCUT2D eigenvalue weighted by molar-refractivity contribution is 5.27. The highest BCUT2D eigenvalue weighted by atomic mass is 15.0. The standard InChI is InChI=1S/C26H42N2/c1-5-8-10-15-24(14-7-3)26(20-23(4)13-6-2,21-28-19-18-27-22-28)25-16-11-9-12-17-25/h9,11-12,16-19,22-24H,5-8,10,13-15,20-21H2,1-4H3. The number of hydrogen-bond acceptors (Lipinski definition) is 1. The SMILES string of the molecule is CCCCCC(CCC)C(CC(C)CCC)(Cn1ccnc1)c1ccccc1. The third-order valence-electron chi connectivity index (χ3n) is 6.44. The van der Waals surface area contributed by atoms with Crippen molar-refractivity contribution in [3.63, 3.8) is 0 Å². The van der Waals surface area contributed by atoms with E-state index in [0.717, 1.165) is 12.5 Å². The number of nitrogens with zero attached hydrogens (tertiary/aromatic N) is 2. The Hall–Kier alpha value is -1.57. The maximum Gasteiger partial charge on any atom is 0.0946 e. The molecule has 0 saturated carbocycles. The molecule has 2 nitrogen and oxygen atoms in total. The van der Waals surface area contributed by atoms with Crippen LogP contribution in [0.3, 0.4) is 0 Å². The second kappa shape index (κ2) is 12.1. The minimum Gasteiger partial charge on any atom is -0.337 e. The van der Waals surface area contributed by atoms with E-state index in [1.165, 1.54) is 63.4 Å². The lowest BCUT2D eigenvalue weighted by atomic mass is 9.62. The van der Waals surface area contributed by atoms with Crippen LogP contribution in [0.5, 0.6) is 0 Å². The fourth-order valence-electron chi connectivity index (χ4n) is 5.18. The van der Waals surface area contributed by atoms with Crippen LogP contribution in [0.15, 0.2) is 49.1 Å². The molecule has 1 heterocycles. The van der Waals surface area contributed by atoms with E-state index < -0.39 is 0 Å². The molecule has 3 atom stereocenters. The minimum atomic E-state index is 0.181. The average Bonchev–Trinajstić information content (AvgIpc) is 3.21. The first-order valence-corrected chi connectivity index (χ1v) is 11.7. The Kier molecular flexibility index (Phi) is 9.81. The molecule has 0 fully saturated rings. The molecule has 3 unspecified atom stereocenters. The van der Waals surface area contributed by atoms with Crippen LogP contribution in [0.25, 0.3) is 0 Å². The van der Waals surface area contributed by atoms with E-state index in [1.54, 1.807) is 0 Å². The molecular formula is C26H42N2. The largest absolute Gasteiger partial charge is 0.337 e. The van der Waals surface area contributed by atoms with Crippen LogP contribution in [0.4, 0.5) is 0 Å². The summed E-state index contributed by atoms with van der Waals surface area (Å²) >= 11 is 0. The fraction of sp³-hybridized carbons (Fsp3) is 0.654. The van der Waals surface area contributed by atoms with Crippen molar-refractivity contribution < 1.29 is 0 Å². The first-order valence-electron chi connectivity index (χ1n) is 11.7. The Morgan fingerprint density at radius 3 is 2.29 bits per heavy atom. The van der Waals surface area contributed by atoms with Gasteiger partial charge in [0.05, 0.1) is 6.33 Å². The lowest BCUT2D eigenvalue weighted by Crippen LogP contribution is -2.41. The summed E-state index contributed by atoms with van der Waals surface area (Å²) in [4.78, 5) is 4.36. The molecule has 2 heteroatoms. The molecule has 0 aliphatic heterocycles. The zero-order valence-electron chi connectivity index (χ0n) is 18.7. The Labute approximate surface area is 173 Å². The lowest BCUT2D eigenvalue weighted by molar-refractivity contribution is 0.158. The summed E-state index contributed by atoms with van der Waals surface area (Å²) < 4.78 is 2.33. The van der Waals surface area contributed by atoms with Crippen molar-refractivity contribution >= 4 is 0 Å². The van der Waals surface area contributed by atoms with Crippen molar-refractivity contribution in [2.24, 2.45) is 11.8 Å². The van der Waals surface area contributed by atoms with E-state index in [2.05, 4.69) is 73.8 Å². The van der Waals surface area contributed by atoms with Gasteiger partial charge in [-0.05, 0) is 36.7 Å². The molecule has 156 valence electrons. The molecule has 0 spiro atoms. The summed E-state index contributed by atoms with van der Waals surface area (Å²) in [6.45, 7) is 10.5. The fourth-order valence-corrected chi connectivity index (χ4v) is 5.18. The normalized spacial score (nSPS) is 15.9. The van der Waals surface area contributed by atoms with Gasteiger partial charge in [-0.2, -0.15) is 0 Å². The van der Waals surface area contributed by atoms with Crippen molar-refractivity contribution in [3.8, 4) is 0 Å². The number of aromatic nitrogens is 2. The van der Waals surface area contributed by atoms with E-state index in [1.807, 2.05) is 12.5 Å². The Balaban J connectivity index is 2.48. The summed E-state index contributed by atoms with van der Waals surface area (Å²) in [5.74, 6) is 1.45. The van der Waals surface area contributed by atoms with Crippen molar-refractivity contribution in [3.05, 3.63) is 54.6 Å². The first kappa shape index (κ1) is 22.7. The topological polar surface area (TPSA) is 17.8 Å². The molecule has 0 aliphatic rings. The van der Waals surface area contributed by atoms with Crippen molar-refractivity contribution in [1.29, 1.82) is 0 Å². The number of rotatable bonds is 14. The van der Waals surface area contributed by atoms with Crippen LogP contribution in [0.2, 0.25) is 0 Å². The number of hydrogen-bond donors (Lipinski definition) is 0. The number of benzene rings is 1. The molecule has 0 amide bonds. The Morgan fingerprint density at radius 1 is 0.929 bits per heavy atom. The monoisotopic (exact) mass is 382 g/mol. The molecule has 28 heavy (non-hydrogen) atoms. The molecule has 0 aliphatic carbocycles. The summed E-state index contributed by atoms with van der Waals surface area (Å²) in [5, 5.41) is 0. The van der Waals surface area contributed by atoms with Gasteiger partial charge in [-0.1, -0.05) is 96.6 Å². The van der Waals surface area contributed by atoms with Gasteiger partial charge in [-0.25, -0.2) is 4.98 Å². The maximum atomic E-state index is 4.36. The average molecular weight is 383 g/mol. The summed E-state index contributed by atoms with van der Waals surface area (Å²) in [5.41, 5.74) is 1.71. The van der Waals surface area contributed by atoms with E-state index in [4.69, 9.17) is 0 Å². The smallest absolute Gasteiger partial charge is 0.0946 e. The Morgan fingerprint density at radius 2 is 1.68 bits per heavy atom. The minimum absolute atomic E-state index is 0.181. The third-order valence-corrected chi connectivity index (χ3v) is 6.44. The number of unbranched alkanes of at least 4 members (excludes halogenated alkanes) is 2. The second-order valence-corrected chi connectivity index (χ2v) is 8.84. The molecule has 2 aromatic rings. The summed E-state index contributed by atoms with van der Waals surface area (Å²) in [6.07, 6.45) is 17.8. The van der Waals surface area contributed by atoms with Gasteiger partial charge in [0.15, 0.2) is 0 Å². The zero-order chi connectivity index (χ0) is 20.2. The molecule has 0 saturated heterocycles. The van der Waals surface area contributed by atoms with E-state index in [0.29, 0.717) is 5.92 Å². The van der Waals surface area contributed by atoms with E-state index >= 15 is 0 Å². The highest BCUT2D eigenvalue weighted by Crippen LogP contribution is 2.45. The molecular weight excluding hydrogens is 340 g/mol. The molecule has 2 rings (SSSR count). The van der Waals surface area contributed by atoms with E-state index in [-0.39, 0.29) is 5.41 Å². The highest BCUT2D eigenvalue weighted by Gasteiger charge is 2.40. The van der Waals surface area contributed by atoms with Crippen LogP contribution in [0, 0.1) is 11.8 Å². The quantitative estimate of drug-likeness (QED) is 0.307. The van der Waals surface area contributed by atoms with Gasteiger partial charge in [-0.15, -0.1) is 0 Å². The number of imidazole rings is 1. The van der Waals surface area contributed by atoms with Crippen LogP contribution in [0.1, 0.15) is 91.0 Å². The predicted octanol–water partition coefficient (Wildman–Crippen LogP) is 7.64. The van der Waals surface area contributed by atoms with Crippen molar-refractivity contribution in [1.82, 2.24) is 9.55 Å². The summed E-state index contributed by atoms with van der Waals surface area (Å²) in [7, 11) is 0. The van der Waals surface area contributed by atoms with Crippen LogP contribution < -0.4 is 0 Å².